The second-order valence-electron chi connectivity index (χ2n) is 4.74. The van der Waals surface area contributed by atoms with E-state index in [1.165, 1.54) is 6.42 Å². The number of hydrogen-bond acceptors (Lipinski definition) is 1. The quantitative estimate of drug-likeness (QED) is 0.672. The molecule has 1 N–H and O–H groups in total. The Morgan fingerprint density at radius 2 is 2.08 bits per heavy atom. The summed E-state index contributed by atoms with van der Waals surface area (Å²) in [7, 11) is 0. The summed E-state index contributed by atoms with van der Waals surface area (Å²) in [6.07, 6.45) is 2.38. The van der Waals surface area contributed by atoms with E-state index >= 15 is 0 Å². The second kappa shape index (κ2) is 3.08. The van der Waals surface area contributed by atoms with Gasteiger partial charge in [-0.1, -0.05) is 27.7 Å². The normalized spacial score (nSPS) is 26.6. The lowest BCUT2D eigenvalue weighted by Gasteiger charge is -2.45. The lowest BCUT2D eigenvalue weighted by Crippen LogP contribution is -2.53. The standard InChI is InChI=1S/C10H19NO/c1-7(2)9(12)11-8-5-6-10(8,3)4/h7-8H,5-6H2,1-4H3,(H,11,12). The minimum atomic E-state index is 0.112. The van der Waals surface area contributed by atoms with Crippen molar-refractivity contribution < 1.29 is 4.79 Å². The molecule has 12 heavy (non-hydrogen) atoms. The first-order chi connectivity index (χ1) is 5.43. The largest absolute Gasteiger partial charge is 0.353 e. The van der Waals surface area contributed by atoms with Crippen molar-refractivity contribution in [3.8, 4) is 0 Å². The Morgan fingerprint density at radius 3 is 2.33 bits per heavy atom. The van der Waals surface area contributed by atoms with E-state index in [0.29, 0.717) is 11.5 Å². The third-order valence-corrected chi connectivity index (χ3v) is 2.86. The summed E-state index contributed by atoms with van der Waals surface area (Å²) in [5.74, 6) is 0.300. The predicted molar refractivity (Wildman–Crippen MR) is 49.8 cm³/mol. The fourth-order valence-corrected chi connectivity index (χ4v) is 1.47. The maximum absolute atomic E-state index is 11.3. The Hall–Kier alpha value is -0.530. The number of carbonyl (C=O) groups excluding carboxylic acids is 1. The molecule has 1 aliphatic rings. The molecule has 1 aliphatic carbocycles. The van der Waals surface area contributed by atoms with Crippen molar-refractivity contribution in [1.82, 2.24) is 5.32 Å². The second-order valence-corrected chi connectivity index (χ2v) is 4.74. The molecule has 0 radical (unpaired) electrons. The minimum absolute atomic E-state index is 0.112. The summed E-state index contributed by atoms with van der Waals surface area (Å²) < 4.78 is 0. The van der Waals surface area contributed by atoms with E-state index in [2.05, 4.69) is 19.2 Å². The molecule has 0 aliphatic heterocycles. The average Bonchev–Trinajstić information content (AvgIpc) is 1.97. The van der Waals surface area contributed by atoms with Gasteiger partial charge in [-0.25, -0.2) is 0 Å². The summed E-state index contributed by atoms with van der Waals surface area (Å²) in [4.78, 5) is 11.3. The molecule has 0 aromatic carbocycles. The highest BCUT2D eigenvalue weighted by Crippen LogP contribution is 2.39. The summed E-state index contributed by atoms with van der Waals surface area (Å²) >= 11 is 0. The van der Waals surface area contributed by atoms with Crippen LogP contribution in [0.2, 0.25) is 0 Å². The highest BCUT2D eigenvalue weighted by atomic mass is 16.1. The van der Waals surface area contributed by atoms with E-state index in [9.17, 15) is 4.79 Å². The third-order valence-electron chi connectivity index (χ3n) is 2.86. The van der Waals surface area contributed by atoms with Crippen molar-refractivity contribution in [3.63, 3.8) is 0 Å². The first kappa shape index (κ1) is 9.56. The monoisotopic (exact) mass is 169 g/mol. The Morgan fingerprint density at radius 1 is 1.50 bits per heavy atom. The van der Waals surface area contributed by atoms with Crippen LogP contribution in [0, 0.1) is 11.3 Å². The lowest BCUT2D eigenvalue weighted by molar-refractivity contribution is -0.126. The Kier molecular flexibility index (Phi) is 2.45. The number of hydrogen-bond donors (Lipinski definition) is 1. The summed E-state index contributed by atoms with van der Waals surface area (Å²) in [6, 6.07) is 0.410. The molecule has 0 heterocycles. The molecule has 1 saturated carbocycles. The smallest absolute Gasteiger partial charge is 0.222 e. The van der Waals surface area contributed by atoms with Crippen LogP contribution in [-0.4, -0.2) is 11.9 Å². The molecule has 0 spiro atoms. The lowest BCUT2D eigenvalue weighted by atomic mass is 9.67. The van der Waals surface area contributed by atoms with Crippen LogP contribution in [0.1, 0.15) is 40.5 Å². The molecule has 0 saturated heterocycles. The minimum Gasteiger partial charge on any atom is -0.353 e. The van der Waals surface area contributed by atoms with Gasteiger partial charge in [0.15, 0.2) is 0 Å². The Bertz CT molecular complexity index is 184. The SMILES string of the molecule is CC(C)C(=O)NC1CCC1(C)C. The van der Waals surface area contributed by atoms with E-state index < -0.39 is 0 Å². The van der Waals surface area contributed by atoms with Crippen LogP contribution in [0.25, 0.3) is 0 Å². The van der Waals surface area contributed by atoms with Gasteiger partial charge >= 0.3 is 0 Å². The zero-order valence-corrected chi connectivity index (χ0v) is 8.48. The van der Waals surface area contributed by atoms with E-state index in [0.717, 1.165) is 6.42 Å². The average molecular weight is 169 g/mol. The van der Waals surface area contributed by atoms with Gasteiger partial charge in [-0.15, -0.1) is 0 Å². The van der Waals surface area contributed by atoms with Crippen molar-refractivity contribution >= 4 is 5.91 Å². The van der Waals surface area contributed by atoms with E-state index in [-0.39, 0.29) is 11.8 Å². The molecule has 0 aromatic heterocycles. The molecular weight excluding hydrogens is 150 g/mol. The zero-order chi connectivity index (χ0) is 9.35. The number of amides is 1. The van der Waals surface area contributed by atoms with Gasteiger partial charge in [0, 0.05) is 12.0 Å². The van der Waals surface area contributed by atoms with Crippen LogP contribution in [0.15, 0.2) is 0 Å². The molecule has 1 atom stereocenters. The molecule has 2 nitrogen and oxygen atoms in total. The van der Waals surface area contributed by atoms with Gasteiger partial charge in [0.25, 0.3) is 0 Å². The molecule has 0 bridgehead atoms. The van der Waals surface area contributed by atoms with Gasteiger partial charge in [-0.3, -0.25) is 4.79 Å². The van der Waals surface area contributed by atoms with E-state index in [4.69, 9.17) is 0 Å². The molecule has 1 unspecified atom stereocenters. The van der Waals surface area contributed by atoms with Crippen molar-refractivity contribution in [2.24, 2.45) is 11.3 Å². The fraction of sp³-hybridized carbons (Fsp3) is 0.900. The first-order valence-electron chi connectivity index (χ1n) is 4.74. The van der Waals surface area contributed by atoms with Crippen molar-refractivity contribution in [3.05, 3.63) is 0 Å². The molecule has 1 fully saturated rings. The topological polar surface area (TPSA) is 29.1 Å². The van der Waals surface area contributed by atoms with Crippen LogP contribution in [0.4, 0.5) is 0 Å². The van der Waals surface area contributed by atoms with Gasteiger partial charge in [0.05, 0.1) is 0 Å². The summed E-state index contributed by atoms with van der Waals surface area (Å²) in [5.41, 5.74) is 0.324. The summed E-state index contributed by atoms with van der Waals surface area (Å²) in [5, 5.41) is 3.07. The third kappa shape index (κ3) is 1.79. The molecular formula is C10H19NO. The Balaban J connectivity index is 2.38. The van der Waals surface area contributed by atoms with Gasteiger partial charge < -0.3 is 5.32 Å². The van der Waals surface area contributed by atoms with E-state index in [1.807, 2.05) is 13.8 Å². The molecule has 1 amide bonds. The van der Waals surface area contributed by atoms with Crippen LogP contribution in [0.5, 0.6) is 0 Å². The summed E-state index contributed by atoms with van der Waals surface area (Å²) in [6.45, 7) is 8.28. The zero-order valence-electron chi connectivity index (χ0n) is 8.48. The number of carbonyl (C=O) groups is 1. The molecule has 2 heteroatoms. The molecule has 1 rings (SSSR count). The number of rotatable bonds is 2. The van der Waals surface area contributed by atoms with Crippen molar-refractivity contribution in [1.29, 1.82) is 0 Å². The van der Waals surface area contributed by atoms with Gasteiger partial charge in [-0.2, -0.15) is 0 Å². The van der Waals surface area contributed by atoms with Crippen molar-refractivity contribution in [2.75, 3.05) is 0 Å². The van der Waals surface area contributed by atoms with Crippen molar-refractivity contribution in [2.45, 2.75) is 46.6 Å². The highest BCUT2D eigenvalue weighted by Gasteiger charge is 2.39. The Labute approximate surface area is 74.7 Å². The molecule has 70 valence electrons. The first-order valence-corrected chi connectivity index (χ1v) is 4.74. The number of nitrogens with one attached hydrogen (secondary N) is 1. The fourth-order valence-electron chi connectivity index (χ4n) is 1.47. The predicted octanol–water partition coefficient (Wildman–Crippen LogP) is 1.95. The van der Waals surface area contributed by atoms with Gasteiger partial charge in [-0.05, 0) is 18.3 Å². The van der Waals surface area contributed by atoms with Crippen LogP contribution in [0.3, 0.4) is 0 Å². The molecule has 0 aromatic rings. The van der Waals surface area contributed by atoms with Gasteiger partial charge in [0.2, 0.25) is 5.91 Å². The van der Waals surface area contributed by atoms with Crippen LogP contribution in [-0.2, 0) is 4.79 Å². The van der Waals surface area contributed by atoms with E-state index in [1.54, 1.807) is 0 Å². The van der Waals surface area contributed by atoms with Crippen LogP contribution >= 0.6 is 0 Å². The maximum atomic E-state index is 11.3. The highest BCUT2D eigenvalue weighted by molar-refractivity contribution is 5.78. The van der Waals surface area contributed by atoms with Gasteiger partial charge in [0.1, 0.15) is 0 Å². The van der Waals surface area contributed by atoms with Crippen LogP contribution < -0.4 is 5.32 Å². The maximum Gasteiger partial charge on any atom is 0.222 e.